The van der Waals surface area contributed by atoms with E-state index in [2.05, 4.69) is 0 Å². The van der Waals surface area contributed by atoms with Crippen LogP contribution in [0.1, 0.15) is 27.7 Å². The zero-order chi connectivity index (χ0) is 12.7. The monoisotopic (exact) mass is 224 g/mol. The summed E-state index contributed by atoms with van der Waals surface area (Å²) in [6, 6.07) is 0. The van der Waals surface area contributed by atoms with Gasteiger partial charge in [-0.15, -0.1) is 0 Å². The van der Waals surface area contributed by atoms with Gasteiger partial charge in [0.2, 0.25) is 0 Å². The van der Waals surface area contributed by atoms with Crippen molar-refractivity contribution in [1.82, 2.24) is 0 Å². The topological polar surface area (TPSA) is 74.6 Å². The fourth-order valence-electron chi connectivity index (χ4n) is 1.75. The van der Waals surface area contributed by atoms with E-state index in [-0.39, 0.29) is 11.1 Å². The molecule has 88 valence electrons. The van der Waals surface area contributed by atoms with Crippen molar-refractivity contribution in [3.8, 4) is 0 Å². The molecule has 1 aliphatic carbocycles. The lowest BCUT2D eigenvalue weighted by atomic mass is 9.60. The third-order valence-corrected chi connectivity index (χ3v) is 3.58. The summed E-state index contributed by atoms with van der Waals surface area (Å²) in [6.45, 7) is 7.29. The van der Waals surface area contributed by atoms with Crippen LogP contribution in [-0.4, -0.2) is 22.2 Å². The fourth-order valence-corrected chi connectivity index (χ4v) is 1.75. The third-order valence-electron chi connectivity index (χ3n) is 3.58. The predicted octanol–water partition coefficient (Wildman–Crippen LogP) is 2.07. The molecule has 0 radical (unpaired) electrons. The molecular formula is C12H16O4. The van der Waals surface area contributed by atoms with Gasteiger partial charge in [-0.25, -0.2) is 9.59 Å². The van der Waals surface area contributed by atoms with E-state index < -0.39 is 22.8 Å². The van der Waals surface area contributed by atoms with Crippen LogP contribution < -0.4 is 0 Å². The standard InChI is InChI=1S/C12H16O4/c1-11(2)6-7(9(13)14)5-8(10(15)16)12(11,3)4/h5-6H,1-4H3,(H,13,14)(H,15,16). The minimum Gasteiger partial charge on any atom is -0.478 e. The van der Waals surface area contributed by atoms with Gasteiger partial charge in [0, 0.05) is 11.0 Å². The van der Waals surface area contributed by atoms with Crippen LogP contribution in [0.3, 0.4) is 0 Å². The number of hydrogen-bond donors (Lipinski definition) is 2. The second kappa shape index (κ2) is 3.47. The van der Waals surface area contributed by atoms with Gasteiger partial charge >= 0.3 is 11.9 Å². The van der Waals surface area contributed by atoms with Crippen LogP contribution in [0.4, 0.5) is 0 Å². The SMILES string of the molecule is CC1(C)C=C(C(=O)O)C=C(C(=O)O)C1(C)C. The maximum absolute atomic E-state index is 11.1. The van der Waals surface area contributed by atoms with Crippen molar-refractivity contribution >= 4 is 11.9 Å². The Bertz CT molecular complexity index is 411. The third kappa shape index (κ3) is 1.75. The van der Waals surface area contributed by atoms with Crippen molar-refractivity contribution < 1.29 is 19.8 Å². The van der Waals surface area contributed by atoms with Gasteiger partial charge in [0.15, 0.2) is 0 Å². The number of carboxylic acid groups (broad SMARTS) is 2. The molecule has 0 saturated heterocycles. The van der Waals surface area contributed by atoms with E-state index in [1.807, 2.05) is 27.7 Å². The van der Waals surface area contributed by atoms with Crippen LogP contribution in [0.25, 0.3) is 0 Å². The van der Waals surface area contributed by atoms with Crippen LogP contribution in [0.5, 0.6) is 0 Å². The molecule has 0 spiro atoms. The Labute approximate surface area is 94.3 Å². The molecule has 0 heterocycles. The Morgan fingerprint density at radius 3 is 1.94 bits per heavy atom. The molecule has 0 aromatic rings. The van der Waals surface area contributed by atoms with Crippen molar-refractivity contribution in [3.05, 3.63) is 23.3 Å². The highest BCUT2D eigenvalue weighted by atomic mass is 16.4. The number of carboxylic acids is 2. The van der Waals surface area contributed by atoms with Crippen molar-refractivity contribution in [3.63, 3.8) is 0 Å². The lowest BCUT2D eigenvalue weighted by Gasteiger charge is -2.42. The predicted molar refractivity (Wildman–Crippen MR) is 59.0 cm³/mol. The molecule has 0 aliphatic heterocycles. The van der Waals surface area contributed by atoms with Crippen molar-refractivity contribution in [1.29, 1.82) is 0 Å². The smallest absolute Gasteiger partial charge is 0.335 e. The molecule has 0 bridgehead atoms. The highest BCUT2D eigenvalue weighted by Crippen LogP contribution is 2.49. The van der Waals surface area contributed by atoms with E-state index in [4.69, 9.17) is 10.2 Å². The number of rotatable bonds is 2. The largest absolute Gasteiger partial charge is 0.478 e. The van der Waals surface area contributed by atoms with E-state index in [9.17, 15) is 9.59 Å². The zero-order valence-electron chi connectivity index (χ0n) is 9.87. The molecule has 0 fully saturated rings. The van der Waals surface area contributed by atoms with E-state index >= 15 is 0 Å². The number of hydrogen-bond acceptors (Lipinski definition) is 2. The Morgan fingerprint density at radius 1 is 1.06 bits per heavy atom. The summed E-state index contributed by atoms with van der Waals surface area (Å²) in [5, 5.41) is 18.1. The van der Waals surface area contributed by atoms with Crippen LogP contribution in [-0.2, 0) is 9.59 Å². The van der Waals surface area contributed by atoms with Crippen molar-refractivity contribution in [2.45, 2.75) is 27.7 Å². The minimum atomic E-state index is -1.10. The molecule has 0 saturated carbocycles. The molecule has 2 N–H and O–H groups in total. The number of allylic oxidation sites excluding steroid dienone is 1. The molecule has 16 heavy (non-hydrogen) atoms. The lowest BCUT2D eigenvalue weighted by Crippen LogP contribution is -2.38. The van der Waals surface area contributed by atoms with Gasteiger partial charge in [-0.1, -0.05) is 33.8 Å². The van der Waals surface area contributed by atoms with Crippen LogP contribution in [0.2, 0.25) is 0 Å². The molecule has 0 aromatic heterocycles. The maximum Gasteiger partial charge on any atom is 0.335 e. The van der Waals surface area contributed by atoms with Gasteiger partial charge in [-0.05, 0) is 11.5 Å². The molecule has 0 aromatic carbocycles. The average Bonchev–Trinajstić information content (AvgIpc) is 2.08. The number of aliphatic carboxylic acids is 2. The molecule has 4 heteroatoms. The fraction of sp³-hybridized carbons (Fsp3) is 0.500. The highest BCUT2D eigenvalue weighted by molar-refractivity contribution is 5.96. The van der Waals surface area contributed by atoms with E-state index in [0.717, 1.165) is 0 Å². The second-order valence-electron chi connectivity index (χ2n) is 5.11. The van der Waals surface area contributed by atoms with Gasteiger partial charge in [-0.2, -0.15) is 0 Å². The molecule has 1 aliphatic rings. The van der Waals surface area contributed by atoms with Gasteiger partial charge in [0.05, 0.1) is 5.57 Å². The normalized spacial score (nSPS) is 22.0. The Hall–Kier alpha value is -1.58. The summed E-state index contributed by atoms with van der Waals surface area (Å²) >= 11 is 0. The first-order valence-electron chi connectivity index (χ1n) is 5.01. The Kier molecular flexibility index (Phi) is 2.71. The summed E-state index contributed by atoms with van der Waals surface area (Å²) < 4.78 is 0. The lowest BCUT2D eigenvalue weighted by molar-refractivity contribution is -0.134. The molecule has 0 amide bonds. The zero-order valence-corrected chi connectivity index (χ0v) is 9.87. The van der Waals surface area contributed by atoms with Crippen LogP contribution >= 0.6 is 0 Å². The van der Waals surface area contributed by atoms with E-state index in [1.54, 1.807) is 6.08 Å². The molecular weight excluding hydrogens is 208 g/mol. The summed E-state index contributed by atoms with van der Waals surface area (Å²) in [7, 11) is 0. The minimum absolute atomic E-state index is 0.0433. The van der Waals surface area contributed by atoms with Gasteiger partial charge in [0.25, 0.3) is 0 Å². The van der Waals surface area contributed by atoms with Crippen LogP contribution in [0.15, 0.2) is 23.3 Å². The van der Waals surface area contributed by atoms with Gasteiger partial charge < -0.3 is 10.2 Å². The maximum atomic E-state index is 11.1. The summed E-state index contributed by atoms with van der Waals surface area (Å²) in [5.74, 6) is -2.16. The summed E-state index contributed by atoms with van der Waals surface area (Å²) in [6.07, 6.45) is 2.86. The molecule has 0 unspecified atom stereocenters. The first kappa shape index (κ1) is 12.5. The average molecular weight is 224 g/mol. The molecule has 1 rings (SSSR count). The van der Waals surface area contributed by atoms with Gasteiger partial charge in [0.1, 0.15) is 0 Å². The first-order valence-corrected chi connectivity index (χ1v) is 5.01. The van der Waals surface area contributed by atoms with Gasteiger partial charge in [-0.3, -0.25) is 0 Å². The van der Waals surface area contributed by atoms with Crippen molar-refractivity contribution in [2.24, 2.45) is 10.8 Å². The number of carbonyl (C=O) groups is 2. The molecule has 0 atom stereocenters. The summed E-state index contributed by atoms with van der Waals surface area (Å²) in [4.78, 5) is 22.1. The highest BCUT2D eigenvalue weighted by Gasteiger charge is 2.44. The van der Waals surface area contributed by atoms with E-state index in [1.165, 1.54) is 6.08 Å². The Morgan fingerprint density at radius 2 is 1.56 bits per heavy atom. The molecule has 4 nitrogen and oxygen atoms in total. The van der Waals surface area contributed by atoms with Crippen LogP contribution in [0, 0.1) is 10.8 Å². The first-order chi connectivity index (χ1) is 7.09. The second-order valence-corrected chi connectivity index (χ2v) is 5.11. The summed E-state index contributed by atoms with van der Waals surface area (Å²) in [5.41, 5.74) is -0.930. The van der Waals surface area contributed by atoms with Crippen molar-refractivity contribution in [2.75, 3.05) is 0 Å². The quantitative estimate of drug-likeness (QED) is 0.753. The Balaban J connectivity index is 3.41. The van der Waals surface area contributed by atoms with E-state index in [0.29, 0.717) is 0 Å².